The first-order valence-corrected chi connectivity index (χ1v) is 4.03. The quantitative estimate of drug-likeness (QED) is 0.598. The van der Waals surface area contributed by atoms with E-state index in [1.54, 1.807) is 0 Å². The second kappa shape index (κ2) is 3.69. The van der Waals surface area contributed by atoms with E-state index in [0.29, 0.717) is 0 Å². The Morgan fingerprint density at radius 3 is 2.69 bits per heavy atom. The number of halogens is 2. The molecule has 1 aromatic rings. The third kappa shape index (κ3) is 1.77. The molecular formula is C7H5BrFNO3. The average molecular weight is 250 g/mol. The summed E-state index contributed by atoms with van der Waals surface area (Å²) >= 11 is 2.89. The molecule has 1 rings (SSSR count). The Hall–Kier alpha value is -1.17. The van der Waals surface area contributed by atoms with Gasteiger partial charge in [0.2, 0.25) is 0 Å². The summed E-state index contributed by atoms with van der Waals surface area (Å²) in [4.78, 5) is 9.78. The summed E-state index contributed by atoms with van der Waals surface area (Å²) in [5.74, 6) is -0.797. The van der Waals surface area contributed by atoms with Crippen LogP contribution >= 0.6 is 15.9 Å². The number of hydrogen-bond acceptors (Lipinski definition) is 3. The zero-order chi connectivity index (χ0) is 10.0. The second-order valence-electron chi connectivity index (χ2n) is 2.17. The highest BCUT2D eigenvalue weighted by Crippen LogP contribution is 2.35. The van der Waals surface area contributed by atoms with Gasteiger partial charge < -0.3 is 4.74 Å². The summed E-state index contributed by atoms with van der Waals surface area (Å²) in [5.41, 5.74) is -0.224. The number of ether oxygens (including phenoxy) is 1. The normalized spacial score (nSPS) is 9.77. The number of nitro benzene ring substituents is 1. The van der Waals surface area contributed by atoms with Crippen LogP contribution in [-0.2, 0) is 0 Å². The lowest BCUT2D eigenvalue weighted by molar-refractivity contribution is -0.385. The molecule has 0 aromatic heterocycles. The summed E-state index contributed by atoms with van der Waals surface area (Å²) in [6.45, 7) is 0. The van der Waals surface area contributed by atoms with Gasteiger partial charge in [-0.3, -0.25) is 10.1 Å². The van der Waals surface area contributed by atoms with Crippen molar-refractivity contribution in [2.75, 3.05) is 7.11 Å². The van der Waals surface area contributed by atoms with Crippen molar-refractivity contribution >= 4 is 21.6 Å². The van der Waals surface area contributed by atoms with Gasteiger partial charge >= 0.3 is 0 Å². The van der Waals surface area contributed by atoms with Gasteiger partial charge in [-0.25, -0.2) is 4.39 Å². The molecule has 0 atom stereocenters. The highest BCUT2D eigenvalue weighted by molar-refractivity contribution is 9.10. The fourth-order valence-electron chi connectivity index (χ4n) is 0.850. The number of benzene rings is 1. The van der Waals surface area contributed by atoms with Crippen molar-refractivity contribution in [3.63, 3.8) is 0 Å². The van der Waals surface area contributed by atoms with Crippen molar-refractivity contribution in [1.29, 1.82) is 0 Å². The Morgan fingerprint density at radius 2 is 2.23 bits per heavy atom. The maximum Gasteiger partial charge on any atom is 0.287 e. The van der Waals surface area contributed by atoms with Gasteiger partial charge in [-0.05, 0) is 22.0 Å². The van der Waals surface area contributed by atoms with E-state index in [9.17, 15) is 14.5 Å². The number of methoxy groups -OCH3 is 1. The smallest absolute Gasteiger partial charge is 0.287 e. The van der Waals surface area contributed by atoms with Crippen LogP contribution in [0.5, 0.6) is 5.75 Å². The Morgan fingerprint density at radius 1 is 1.62 bits per heavy atom. The van der Waals surface area contributed by atoms with Gasteiger partial charge in [0.25, 0.3) is 5.69 Å². The summed E-state index contributed by atoms with van der Waals surface area (Å²) in [6.07, 6.45) is 0. The summed E-state index contributed by atoms with van der Waals surface area (Å²) in [7, 11) is 1.24. The Balaban J connectivity index is 3.35. The van der Waals surface area contributed by atoms with Gasteiger partial charge in [-0.15, -0.1) is 0 Å². The predicted octanol–water partition coefficient (Wildman–Crippen LogP) is 2.51. The first-order chi connectivity index (χ1) is 6.07. The number of nitrogens with zero attached hydrogens (tertiary/aromatic N) is 1. The van der Waals surface area contributed by atoms with E-state index in [1.165, 1.54) is 7.11 Å². The highest BCUT2D eigenvalue weighted by Gasteiger charge is 2.19. The molecule has 13 heavy (non-hydrogen) atoms. The molecule has 0 spiro atoms. The van der Waals surface area contributed by atoms with Crippen LogP contribution in [-0.4, -0.2) is 12.0 Å². The first-order valence-electron chi connectivity index (χ1n) is 3.24. The van der Waals surface area contributed by atoms with Gasteiger partial charge in [0.05, 0.1) is 12.0 Å². The van der Waals surface area contributed by atoms with E-state index in [0.717, 1.165) is 12.1 Å². The van der Waals surface area contributed by atoms with Crippen molar-refractivity contribution in [2.45, 2.75) is 0 Å². The fraction of sp³-hybridized carbons (Fsp3) is 0.143. The maximum atomic E-state index is 12.9. The van der Waals surface area contributed by atoms with Crippen LogP contribution in [0.25, 0.3) is 0 Å². The zero-order valence-corrected chi connectivity index (χ0v) is 8.17. The van der Waals surface area contributed by atoms with E-state index in [4.69, 9.17) is 0 Å². The number of hydrogen-bond donors (Lipinski definition) is 0. The van der Waals surface area contributed by atoms with Crippen LogP contribution in [0.1, 0.15) is 0 Å². The molecule has 1 aromatic carbocycles. The third-order valence-electron chi connectivity index (χ3n) is 1.43. The molecule has 6 heteroatoms. The molecule has 0 saturated heterocycles. The van der Waals surface area contributed by atoms with E-state index in [2.05, 4.69) is 20.7 Å². The Bertz CT molecular complexity index is 356. The number of rotatable bonds is 2. The predicted molar refractivity (Wildman–Crippen MR) is 47.3 cm³/mol. The molecule has 0 aliphatic rings. The lowest BCUT2D eigenvalue weighted by Gasteiger charge is -2.03. The topological polar surface area (TPSA) is 52.4 Å². The minimum atomic E-state index is -0.639. The molecule has 0 radical (unpaired) electrons. The van der Waals surface area contributed by atoms with E-state index in [-0.39, 0.29) is 15.9 Å². The molecule has 4 nitrogen and oxygen atoms in total. The molecule has 0 heterocycles. The minimum Gasteiger partial charge on any atom is -0.492 e. The minimum absolute atomic E-state index is 0.0139. The van der Waals surface area contributed by atoms with Gasteiger partial charge in [-0.1, -0.05) is 0 Å². The summed E-state index contributed by atoms with van der Waals surface area (Å²) in [6, 6.07) is 2.06. The van der Waals surface area contributed by atoms with Crippen molar-refractivity contribution < 1.29 is 14.1 Å². The van der Waals surface area contributed by atoms with E-state index in [1.807, 2.05) is 0 Å². The molecule has 70 valence electrons. The van der Waals surface area contributed by atoms with Gasteiger partial charge in [0, 0.05) is 6.07 Å². The van der Waals surface area contributed by atoms with Crippen LogP contribution in [0, 0.1) is 15.9 Å². The second-order valence-corrected chi connectivity index (χ2v) is 2.96. The fourth-order valence-corrected chi connectivity index (χ4v) is 1.48. The van der Waals surface area contributed by atoms with Crippen LogP contribution in [0.15, 0.2) is 16.6 Å². The van der Waals surface area contributed by atoms with Crippen LogP contribution in [0.3, 0.4) is 0 Å². The first kappa shape index (κ1) is 9.91. The molecular weight excluding hydrogens is 245 g/mol. The van der Waals surface area contributed by atoms with Crippen LogP contribution in [0.2, 0.25) is 0 Å². The molecule has 0 amide bonds. The van der Waals surface area contributed by atoms with E-state index >= 15 is 0 Å². The monoisotopic (exact) mass is 249 g/mol. The Labute approximate surface area is 81.6 Å². The van der Waals surface area contributed by atoms with Crippen LogP contribution in [0.4, 0.5) is 10.1 Å². The van der Waals surface area contributed by atoms with Crippen molar-refractivity contribution in [3.05, 3.63) is 32.5 Å². The summed E-state index contributed by atoms with van der Waals surface area (Å²) < 4.78 is 17.6. The van der Waals surface area contributed by atoms with Crippen LogP contribution < -0.4 is 4.74 Å². The maximum absolute atomic E-state index is 12.9. The SMILES string of the molecule is COc1c(F)ccc([N+](=O)[O-])c1Br. The largest absolute Gasteiger partial charge is 0.492 e. The highest BCUT2D eigenvalue weighted by atomic mass is 79.9. The molecule has 0 aliphatic heterocycles. The average Bonchev–Trinajstić information content (AvgIpc) is 2.04. The Kier molecular flexibility index (Phi) is 2.82. The van der Waals surface area contributed by atoms with Gasteiger partial charge in [-0.2, -0.15) is 0 Å². The molecule has 0 aliphatic carbocycles. The summed E-state index contributed by atoms with van der Waals surface area (Å²) in [5, 5.41) is 10.4. The molecule has 0 N–H and O–H groups in total. The van der Waals surface area contributed by atoms with Crippen molar-refractivity contribution in [3.8, 4) is 5.75 Å². The molecule has 0 fully saturated rings. The standard InChI is InChI=1S/C7H5BrFNO3/c1-13-7-4(9)2-3-5(6(7)8)10(11)12/h2-3H,1H3. The van der Waals surface area contributed by atoms with Gasteiger partial charge in [0.1, 0.15) is 4.47 Å². The molecule has 0 unspecified atom stereocenters. The number of nitro groups is 1. The van der Waals surface area contributed by atoms with E-state index < -0.39 is 10.7 Å². The van der Waals surface area contributed by atoms with Gasteiger partial charge in [0.15, 0.2) is 11.6 Å². The lowest BCUT2D eigenvalue weighted by Crippen LogP contribution is -1.94. The lowest BCUT2D eigenvalue weighted by atomic mass is 10.3. The molecule has 0 bridgehead atoms. The zero-order valence-electron chi connectivity index (χ0n) is 6.58. The van der Waals surface area contributed by atoms with Crippen molar-refractivity contribution in [1.82, 2.24) is 0 Å². The molecule has 0 saturated carbocycles. The van der Waals surface area contributed by atoms with Crippen molar-refractivity contribution in [2.24, 2.45) is 0 Å². The third-order valence-corrected chi connectivity index (χ3v) is 2.20.